The minimum absolute atomic E-state index is 0.204. The number of ether oxygens (including phenoxy) is 1. The van der Waals surface area contributed by atoms with Crippen molar-refractivity contribution < 1.29 is 23.1 Å². The van der Waals surface area contributed by atoms with E-state index in [-0.39, 0.29) is 11.9 Å². The zero-order valence-electron chi connectivity index (χ0n) is 14.5. The maximum atomic E-state index is 12.9. The van der Waals surface area contributed by atoms with Gasteiger partial charge in [-0.3, -0.25) is 9.32 Å². The van der Waals surface area contributed by atoms with Gasteiger partial charge in [-0.05, 0) is 52.8 Å². The second-order valence-corrected chi connectivity index (χ2v) is 7.37. The van der Waals surface area contributed by atoms with E-state index in [2.05, 4.69) is 5.09 Å². The maximum Gasteiger partial charge on any atom is 0.459 e. The van der Waals surface area contributed by atoms with Crippen LogP contribution < -0.4 is 9.61 Å². The first-order valence-corrected chi connectivity index (χ1v) is 9.16. The second-order valence-electron chi connectivity index (χ2n) is 5.72. The number of nitrogens with zero attached hydrogens (tertiary/aromatic N) is 1. The van der Waals surface area contributed by atoms with Crippen LogP contribution in [0.25, 0.3) is 0 Å². The molecule has 0 heterocycles. The molecule has 0 aromatic heterocycles. The lowest BCUT2D eigenvalue weighted by Gasteiger charge is -2.24. The molecule has 7 nitrogen and oxygen atoms in total. The van der Waals surface area contributed by atoms with Gasteiger partial charge in [-0.25, -0.2) is 4.57 Å². The van der Waals surface area contributed by atoms with Crippen molar-refractivity contribution in [2.75, 3.05) is 0 Å². The standard InChI is InChI=1S/C16H23N2O5P/c1-11(2)21-16(19)13(5)18-24(20,22-12(3)4)23-15-8-6-7-14(9-15)10-17/h6-9,11-13H,1-5H3,(H,18,20). The van der Waals surface area contributed by atoms with Gasteiger partial charge >= 0.3 is 13.7 Å². The Morgan fingerprint density at radius 2 is 1.88 bits per heavy atom. The lowest BCUT2D eigenvalue weighted by Crippen LogP contribution is -2.36. The average molecular weight is 354 g/mol. The van der Waals surface area contributed by atoms with E-state index in [0.29, 0.717) is 5.56 Å². The third kappa shape index (κ3) is 6.71. The Morgan fingerprint density at radius 3 is 2.42 bits per heavy atom. The number of nitriles is 1. The Balaban J connectivity index is 2.95. The molecule has 1 aromatic rings. The van der Waals surface area contributed by atoms with E-state index in [1.54, 1.807) is 45.9 Å². The quantitative estimate of drug-likeness (QED) is 0.564. The molecule has 8 heteroatoms. The maximum absolute atomic E-state index is 12.9. The molecule has 0 radical (unpaired) electrons. The summed E-state index contributed by atoms with van der Waals surface area (Å²) in [6.07, 6.45) is -0.698. The van der Waals surface area contributed by atoms with Gasteiger partial charge in [-0.1, -0.05) is 6.07 Å². The highest BCUT2D eigenvalue weighted by molar-refractivity contribution is 7.52. The van der Waals surface area contributed by atoms with Crippen molar-refractivity contribution in [3.05, 3.63) is 29.8 Å². The molecule has 0 fully saturated rings. The number of rotatable bonds is 8. The van der Waals surface area contributed by atoms with E-state index in [4.69, 9.17) is 19.0 Å². The third-order valence-electron chi connectivity index (χ3n) is 2.60. The van der Waals surface area contributed by atoms with Gasteiger partial charge in [0.15, 0.2) is 0 Å². The van der Waals surface area contributed by atoms with Crippen molar-refractivity contribution in [1.29, 1.82) is 5.26 Å². The Labute approximate surface area is 142 Å². The number of nitrogens with one attached hydrogen (secondary N) is 1. The van der Waals surface area contributed by atoms with Gasteiger partial charge in [-0.2, -0.15) is 10.3 Å². The summed E-state index contributed by atoms with van der Waals surface area (Å²) in [4.78, 5) is 11.9. The van der Waals surface area contributed by atoms with Crippen LogP contribution in [0.1, 0.15) is 40.2 Å². The smallest absolute Gasteiger partial charge is 0.459 e. The van der Waals surface area contributed by atoms with Crippen LogP contribution >= 0.6 is 7.75 Å². The monoisotopic (exact) mass is 354 g/mol. The molecule has 0 bridgehead atoms. The lowest BCUT2D eigenvalue weighted by molar-refractivity contribution is -0.149. The Hall–Kier alpha value is -1.87. The molecule has 1 rings (SSSR count). The van der Waals surface area contributed by atoms with Crippen molar-refractivity contribution >= 4 is 13.7 Å². The second kappa shape index (κ2) is 8.84. The Kier molecular flexibility index (Phi) is 7.43. The number of hydrogen-bond donors (Lipinski definition) is 1. The van der Waals surface area contributed by atoms with Crippen LogP contribution in [0, 0.1) is 11.3 Å². The highest BCUT2D eigenvalue weighted by atomic mass is 31.2. The molecule has 1 aromatic carbocycles. The zero-order valence-corrected chi connectivity index (χ0v) is 15.4. The molecule has 0 saturated heterocycles. The number of hydrogen-bond acceptors (Lipinski definition) is 6. The summed E-state index contributed by atoms with van der Waals surface area (Å²) in [5.41, 5.74) is 0.357. The molecule has 24 heavy (non-hydrogen) atoms. The van der Waals surface area contributed by atoms with Crippen LogP contribution in [-0.2, 0) is 18.6 Å². The fourth-order valence-corrected chi connectivity index (χ4v) is 3.42. The highest BCUT2D eigenvalue weighted by Crippen LogP contribution is 2.46. The molecule has 0 amide bonds. The molecule has 0 aliphatic heterocycles. The highest BCUT2D eigenvalue weighted by Gasteiger charge is 2.33. The van der Waals surface area contributed by atoms with E-state index in [1.165, 1.54) is 13.0 Å². The summed E-state index contributed by atoms with van der Waals surface area (Å²) in [7, 11) is -3.84. The first kappa shape index (κ1) is 20.2. The number of esters is 1. The summed E-state index contributed by atoms with van der Waals surface area (Å²) >= 11 is 0. The summed E-state index contributed by atoms with van der Waals surface area (Å²) in [5.74, 6) is -0.359. The van der Waals surface area contributed by atoms with Gasteiger partial charge in [0.1, 0.15) is 11.8 Å². The molecular weight excluding hydrogens is 331 g/mol. The molecule has 2 atom stereocenters. The summed E-state index contributed by atoms with van der Waals surface area (Å²) in [5, 5.41) is 11.5. The van der Waals surface area contributed by atoms with Crippen molar-refractivity contribution in [3.8, 4) is 11.8 Å². The van der Waals surface area contributed by atoms with Gasteiger partial charge in [0, 0.05) is 0 Å². The molecule has 2 unspecified atom stereocenters. The SMILES string of the molecule is CC(C)OC(=O)C(C)NP(=O)(Oc1cccc(C#N)c1)OC(C)C. The lowest BCUT2D eigenvalue weighted by atomic mass is 10.2. The van der Waals surface area contributed by atoms with Gasteiger partial charge in [0.05, 0.1) is 23.8 Å². The van der Waals surface area contributed by atoms with Crippen molar-refractivity contribution in [3.63, 3.8) is 0 Å². The molecule has 0 saturated carbocycles. The van der Waals surface area contributed by atoms with E-state index in [0.717, 1.165) is 0 Å². The predicted molar refractivity (Wildman–Crippen MR) is 89.4 cm³/mol. The zero-order chi connectivity index (χ0) is 18.3. The molecular formula is C16H23N2O5P. The molecule has 132 valence electrons. The van der Waals surface area contributed by atoms with Gasteiger partial charge < -0.3 is 9.26 Å². The van der Waals surface area contributed by atoms with Gasteiger partial charge in [0.25, 0.3) is 0 Å². The normalized spacial score (nSPS) is 14.8. The average Bonchev–Trinajstić information content (AvgIpc) is 2.45. The van der Waals surface area contributed by atoms with Crippen molar-refractivity contribution in [2.24, 2.45) is 0 Å². The Bertz CT molecular complexity index is 654. The van der Waals surface area contributed by atoms with Crippen LogP contribution in [-0.4, -0.2) is 24.2 Å². The molecule has 0 aliphatic carbocycles. The van der Waals surface area contributed by atoms with E-state index >= 15 is 0 Å². The van der Waals surface area contributed by atoms with Crippen LogP contribution in [0.15, 0.2) is 24.3 Å². The van der Waals surface area contributed by atoms with E-state index in [1.807, 2.05) is 6.07 Å². The summed E-state index contributed by atoms with van der Waals surface area (Å²) < 4.78 is 28.8. The van der Waals surface area contributed by atoms with Crippen LogP contribution in [0.3, 0.4) is 0 Å². The van der Waals surface area contributed by atoms with Gasteiger partial charge in [0.2, 0.25) is 0 Å². The fourth-order valence-electron chi connectivity index (χ4n) is 1.74. The summed E-state index contributed by atoms with van der Waals surface area (Å²) in [6, 6.07) is 7.26. The van der Waals surface area contributed by atoms with Crippen molar-refractivity contribution in [1.82, 2.24) is 5.09 Å². The Morgan fingerprint density at radius 1 is 1.21 bits per heavy atom. The first-order chi connectivity index (χ1) is 11.1. The third-order valence-corrected chi connectivity index (χ3v) is 4.45. The van der Waals surface area contributed by atoms with E-state index in [9.17, 15) is 9.36 Å². The largest absolute Gasteiger partial charge is 0.462 e. The van der Waals surface area contributed by atoms with Gasteiger partial charge in [-0.15, -0.1) is 0 Å². The predicted octanol–water partition coefficient (Wildman–Crippen LogP) is 3.40. The fraction of sp³-hybridized carbons (Fsp3) is 0.500. The summed E-state index contributed by atoms with van der Waals surface area (Å²) in [6.45, 7) is 8.34. The first-order valence-electron chi connectivity index (χ1n) is 7.61. The van der Waals surface area contributed by atoms with E-state index < -0.39 is 25.9 Å². The minimum atomic E-state index is -3.84. The topological polar surface area (TPSA) is 97.6 Å². The van der Waals surface area contributed by atoms with Crippen LogP contribution in [0.5, 0.6) is 5.75 Å². The van der Waals surface area contributed by atoms with Crippen molar-refractivity contribution in [2.45, 2.75) is 52.9 Å². The number of carbonyl (C=O) groups excluding carboxylic acids is 1. The number of carbonyl (C=O) groups is 1. The minimum Gasteiger partial charge on any atom is -0.462 e. The van der Waals surface area contributed by atoms with Crippen LogP contribution in [0.4, 0.5) is 0 Å². The molecule has 1 N–H and O–H groups in total. The van der Waals surface area contributed by atoms with Crippen LogP contribution in [0.2, 0.25) is 0 Å². The number of benzene rings is 1. The molecule has 0 spiro atoms. The molecule has 0 aliphatic rings.